The zero-order valence-corrected chi connectivity index (χ0v) is 10.2. The Labute approximate surface area is 94.2 Å². The zero-order chi connectivity index (χ0) is 10.7. The number of hydrogen-bond acceptors (Lipinski definition) is 2. The molecule has 0 radical (unpaired) electrons. The number of hydrogen-bond donors (Lipinski definition) is 1. The molecular weight excluding hydrogens is 184 g/mol. The minimum Gasteiger partial charge on any atom is -0.330 e. The highest BCUT2D eigenvalue weighted by atomic mass is 15.2. The average Bonchev–Trinajstić information content (AvgIpc) is 2.81. The summed E-state index contributed by atoms with van der Waals surface area (Å²) in [6.45, 7) is 5.75. The fraction of sp³-hybridized carbons (Fsp3) is 1.00. The highest BCUT2D eigenvalue weighted by Gasteiger charge is 2.43. The third-order valence-electron chi connectivity index (χ3n) is 4.42. The van der Waals surface area contributed by atoms with Crippen LogP contribution in [0.3, 0.4) is 0 Å². The predicted octanol–water partition coefficient (Wildman–Crippen LogP) is 2.38. The molecule has 2 rings (SSSR count). The van der Waals surface area contributed by atoms with E-state index in [1.165, 1.54) is 58.0 Å². The van der Waals surface area contributed by atoms with Crippen LogP contribution in [0.15, 0.2) is 0 Å². The second-order valence-corrected chi connectivity index (χ2v) is 5.54. The van der Waals surface area contributed by atoms with E-state index in [0.29, 0.717) is 5.41 Å². The summed E-state index contributed by atoms with van der Waals surface area (Å²) in [6.07, 6.45) is 9.87. The lowest BCUT2D eigenvalue weighted by atomic mass is 10.0. The Balaban J connectivity index is 1.84. The Kier molecular flexibility index (Phi) is 3.68. The van der Waals surface area contributed by atoms with Crippen molar-refractivity contribution in [3.05, 3.63) is 0 Å². The molecule has 0 aromatic heterocycles. The molecule has 0 atom stereocenters. The van der Waals surface area contributed by atoms with Gasteiger partial charge in [0.25, 0.3) is 0 Å². The van der Waals surface area contributed by atoms with E-state index in [4.69, 9.17) is 5.73 Å². The van der Waals surface area contributed by atoms with E-state index in [-0.39, 0.29) is 0 Å². The van der Waals surface area contributed by atoms with Crippen LogP contribution in [-0.4, -0.2) is 30.6 Å². The standard InChI is InChI=1S/C13H26N2/c1-2-15(12-5-3-4-6-12)11-13(7-8-13)9-10-14/h12H,2-11,14H2,1H3. The smallest absolute Gasteiger partial charge is 0.00953 e. The van der Waals surface area contributed by atoms with Crippen molar-refractivity contribution in [1.29, 1.82) is 0 Å². The van der Waals surface area contributed by atoms with Gasteiger partial charge in [-0.25, -0.2) is 0 Å². The summed E-state index contributed by atoms with van der Waals surface area (Å²) < 4.78 is 0. The maximum Gasteiger partial charge on any atom is 0.00953 e. The molecule has 0 heterocycles. The van der Waals surface area contributed by atoms with Crippen molar-refractivity contribution < 1.29 is 0 Å². The van der Waals surface area contributed by atoms with E-state index in [0.717, 1.165) is 12.6 Å². The van der Waals surface area contributed by atoms with Gasteiger partial charge >= 0.3 is 0 Å². The lowest BCUT2D eigenvalue weighted by molar-refractivity contribution is 0.164. The van der Waals surface area contributed by atoms with Gasteiger partial charge in [-0.2, -0.15) is 0 Å². The molecule has 2 saturated carbocycles. The van der Waals surface area contributed by atoms with Crippen LogP contribution in [0, 0.1) is 5.41 Å². The summed E-state index contributed by atoms with van der Waals surface area (Å²) >= 11 is 0. The fourth-order valence-corrected chi connectivity index (χ4v) is 3.17. The van der Waals surface area contributed by atoms with E-state index >= 15 is 0 Å². The van der Waals surface area contributed by atoms with Crippen LogP contribution in [0.1, 0.15) is 51.9 Å². The van der Waals surface area contributed by atoms with Gasteiger partial charge in [-0.05, 0) is 50.6 Å². The quantitative estimate of drug-likeness (QED) is 0.729. The maximum atomic E-state index is 5.71. The first-order chi connectivity index (χ1) is 7.29. The lowest BCUT2D eigenvalue weighted by Gasteiger charge is -2.31. The van der Waals surface area contributed by atoms with Crippen LogP contribution < -0.4 is 5.73 Å². The fourth-order valence-electron chi connectivity index (χ4n) is 3.17. The van der Waals surface area contributed by atoms with E-state index < -0.39 is 0 Å². The molecule has 0 aromatic carbocycles. The Morgan fingerprint density at radius 1 is 1.27 bits per heavy atom. The van der Waals surface area contributed by atoms with E-state index in [2.05, 4.69) is 11.8 Å². The van der Waals surface area contributed by atoms with Crippen LogP contribution >= 0.6 is 0 Å². The van der Waals surface area contributed by atoms with Gasteiger partial charge in [0.15, 0.2) is 0 Å². The van der Waals surface area contributed by atoms with Gasteiger partial charge in [-0.15, -0.1) is 0 Å². The number of nitrogens with two attached hydrogens (primary N) is 1. The molecule has 15 heavy (non-hydrogen) atoms. The normalized spacial score (nSPS) is 25.0. The van der Waals surface area contributed by atoms with Gasteiger partial charge in [0.05, 0.1) is 0 Å². The Hall–Kier alpha value is -0.0800. The third kappa shape index (κ3) is 2.73. The Morgan fingerprint density at radius 3 is 2.40 bits per heavy atom. The van der Waals surface area contributed by atoms with Gasteiger partial charge in [0.2, 0.25) is 0 Å². The first-order valence-corrected chi connectivity index (χ1v) is 6.74. The summed E-state index contributed by atoms with van der Waals surface area (Å²) in [6, 6.07) is 0.894. The summed E-state index contributed by atoms with van der Waals surface area (Å²) in [4.78, 5) is 2.73. The largest absolute Gasteiger partial charge is 0.330 e. The van der Waals surface area contributed by atoms with Crippen molar-refractivity contribution in [1.82, 2.24) is 4.90 Å². The first kappa shape index (κ1) is 11.4. The summed E-state index contributed by atoms with van der Waals surface area (Å²) in [5, 5.41) is 0. The van der Waals surface area contributed by atoms with Crippen molar-refractivity contribution in [2.45, 2.75) is 57.9 Å². The average molecular weight is 210 g/mol. The molecule has 0 saturated heterocycles. The number of nitrogens with zero attached hydrogens (tertiary/aromatic N) is 1. The zero-order valence-electron chi connectivity index (χ0n) is 10.2. The van der Waals surface area contributed by atoms with Gasteiger partial charge in [0, 0.05) is 12.6 Å². The van der Waals surface area contributed by atoms with Crippen molar-refractivity contribution in [2.75, 3.05) is 19.6 Å². The lowest BCUT2D eigenvalue weighted by Crippen LogP contribution is -2.38. The van der Waals surface area contributed by atoms with Gasteiger partial charge in [-0.1, -0.05) is 19.8 Å². The van der Waals surface area contributed by atoms with Gasteiger partial charge in [-0.3, -0.25) is 0 Å². The summed E-state index contributed by atoms with van der Waals surface area (Å²) in [5.41, 5.74) is 6.34. The SMILES string of the molecule is CCN(CC1(CCN)CC1)C1CCCC1. The molecule has 2 aliphatic rings. The Bertz CT molecular complexity index is 193. The molecule has 0 unspecified atom stereocenters. The molecule has 0 spiro atoms. The maximum absolute atomic E-state index is 5.71. The molecule has 2 fully saturated rings. The van der Waals surface area contributed by atoms with Crippen LogP contribution in [0.25, 0.3) is 0 Å². The van der Waals surface area contributed by atoms with Crippen LogP contribution in [0.2, 0.25) is 0 Å². The molecule has 0 aliphatic heterocycles. The monoisotopic (exact) mass is 210 g/mol. The molecular formula is C13H26N2. The third-order valence-corrected chi connectivity index (χ3v) is 4.42. The van der Waals surface area contributed by atoms with Crippen LogP contribution in [0.5, 0.6) is 0 Å². The molecule has 0 bridgehead atoms. The van der Waals surface area contributed by atoms with Crippen LogP contribution in [0.4, 0.5) is 0 Å². The minimum atomic E-state index is 0.632. The number of rotatable bonds is 6. The molecule has 2 aliphatic carbocycles. The second kappa shape index (κ2) is 4.84. The Morgan fingerprint density at radius 2 is 1.93 bits per heavy atom. The first-order valence-electron chi connectivity index (χ1n) is 6.74. The van der Waals surface area contributed by atoms with Crippen molar-refractivity contribution in [3.63, 3.8) is 0 Å². The molecule has 2 N–H and O–H groups in total. The van der Waals surface area contributed by atoms with E-state index in [1.807, 2.05) is 0 Å². The summed E-state index contributed by atoms with van der Waals surface area (Å²) in [7, 11) is 0. The topological polar surface area (TPSA) is 29.3 Å². The predicted molar refractivity (Wildman–Crippen MR) is 64.8 cm³/mol. The molecule has 2 nitrogen and oxygen atoms in total. The summed E-state index contributed by atoms with van der Waals surface area (Å²) in [5.74, 6) is 0. The molecule has 0 aromatic rings. The van der Waals surface area contributed by atoms with Crippen LogP contribution in [-0.2, 0) is 0 Å². The highest BCUT2D eigenvalue weighted by Crippen LogP contribution is 2.49. The van der Waals surface area contributed by atoms with E-state index in [1.54, 1.807) is 0 Å². The second-order valence-electron chi connectivity index (χ2n) is 5.54. The van der Waals surface area contributed by atoms with Crippen molar-refractivity contribution in [3.8, 4) is 0 Å². The molecule has 88 valence electrons. The van der Waals surface area contributed by atoms with E-state index in [9.17, 15) is 0 Å². The van der Waals surface area contributed by atoms with Gasteiger partial charge < -0.3 is 10.6 Å². The van der Waals surface area contributed by atoms with Gasteiger partial charge in [0.1, 0.15) is 0 Å². The van der Waals surface area contributed by atoms with Crippen molar-refractivity contribution in [2.24, 2.45) is 11.1 Å². The molecule has 0 amide bonds. The van der Waals surface area contributed by atoms with Crippen molar-refractivity contribution >= 4 is 0 Å². The highest BCUT2D eigenvalue weighted by molar-refractivity contribution is 4.96. The molecule has 2 heteroatoms. The minimum absolute atomic E-state index is 0.632.